The zero-order chi connectivity index (χ0) is 15.2. The van der Waals surface area contributed by atoms with E-state index in [1.54, 1.807) is 11.5 Å². The molecule has 7 nitrogen and oxygen atoms in total. The second-order valence-corrected chi connectivity index (χ2v) is 5.85. The van der Waals surface area contributed by atoms with Gasteiger partial charge in [0.2, 0.25) is 5.91 Å². The molecule has 1 heterocycles. The van der Waals surface area contributed by atoms with Gasteiger partial charge in [0, 0.05) is 12.3 Å². The molecule has 1 rings (SSSR count). The third-order valence-corrected chi connectivity index (χ3v) is 4.09. The number of thioether (sulfide) groups is 1. The number of amides is 1. The molecule has 8 heteroatoms. The maximum absolute atomic E-state index is 11.5. The summed E-state index contributed by atoms with van der Waals surface area (Å²) in [5.74, 6) is 0.286. The Morgan fingerprint density at radius 1 is 1.55 bits per heavy atom. The number of H-pyrrole nitrogens is 1. The van der Waals surface area contributed by atoms with E-state index in [2.05, 4.69) is 15.5 Å². The van der Waals surface area contributed by atoms with Crippen LogP contribution in [0.25, 0.3) is 0 Å². The maximum Gasteiger partial charge on any atom is 0.343 e. The first-order chi connectivity index (χ1) is 9.44. The molecule has 0 radical (unpaired) electrons. The van der Waals surface area contributed by atoms with Crippen molar-refractivity contribution in [2.75, 3.05) is 12.3 Å². The number of likely N-dealkylation sites (N-methyl/N-ethyl adjacent to an activating group) is 1. The normalized spacial score (nSPS) is 14.2. The fourth-order valence-electron chi connectivity index (χ4n) is 1.87. The molecule has 0 aliphatic rings. The number of nitrogens with two attached hydrogens (primary N) is 1. The number of aromatic nitrogens is 3. The lowest BCUT2D eigenvalue weighted by Crippen LogP contribution is -2.53. The summed E-state index contributed by atoms with van der Waals surface area (Å²) in [5, 5.41) is 10.2. The maximum atomic E-state index is 11.5. The third kappa shape index (κ3) is 4.11. The molecule has 0 spiro atoms. The van der Waals surface area contributed by atoms with Crippen LogP contribution in [0, 0.1) is 0 Å². The van der Waals surface area contributed by atoms with E-state index in [0.717, 1.165) is 6.42 Å². The van der Waals surface area contributed by atoms with Gasteiger partial charge in [-0.1, -0.05) is 25.6 Å². The lowest BCUT2D eigenvalue weighted by Gasteiger charge is -2.26. The van der Waals surface area contributed by atoms with Crippen LogP contribution in [0.1, 0.15) is 33.6 Å². The smallest absolute Gasteiger partial charge is 0.343 e. The zero-order valence-corrected chi connectivity index (χ0v) is 13.0. The molecular weight excluding hydrogens is 278 g/mol. The van der Waals surface area contributed by atoms with E-state index in [1.807, 2.05) is 13.8 Å². The van der Waals surface area contributed by atoms with Gasteiger partial charge in [0.05, 0.1) is 5.54 Å². The molecule has 4 N–H and O–H groups in total. The Hall–Kier alpha value is -1.28. The second kappa shape index (κ2) is 7.49. The molecule has 0 aromatic carbocycles. The van der Waals surface area contributed by atoms with Crippen molar-refractivity contribution in [3.8, 4) is 0 Å². The Morgan fingerprint density at radius 2 is 2.25 bits per heavy atom. The SMILES string of the molecule is CCCn1c(SCCC(C)(NCC)C(N)=O)n[nH]c1=O. The predicted molar refractivity (Wildman–Crippen MR) is 79.8 cm³/mol. The summed E-state index contributed by atoms with van der Waals surface area (Å²) >= 11 is 1.45. The summed E-state index contributed by atoms with van der Waals surface area (Å²) < 4.78 is 1.61. The highest BCUT2D eigenvalue weighted by Gasteiger charge is 2.29. The van der Waals surface area contributed by atoms with E-state index in [4.69, 9.17) is 5.73 Å². The van der Waals surface area contributed by atoms with Crippen LogP contribution in [0.3, 0.4) is 0 Å². The molecule has 1 amide bonds. The fourth-order valence-corrected chi connectivity index (χ4v) is 3.00. The molecule has 1 aromatic heterocycles. The van der Waals surface area contributed by atoms with Crippen LogP contribution in [-0.2, 0) is 11.3 Å². The fraction of sp³-hybridized carbons (Fsp3) is 0.750. The van der Waals surface area contributed by atoms with Crippen molar-refractivity contribution in [3.63, 3.8) is 0 Å². The van der Waals surface area contributed by atoms with Gasteiger partial charge in [-0.3, -0.25) is 9.36 Å². The van der Waals surface area contributed by atoms with Gasteiger partial charge in [-0.25, -0.2) is 9.89 Å². The standard InChI is InChI=1S/C12H23N5O2S/c1-4-7-17-10(19)15-16-11(17)20-8-6-12(3,9(13)18)14-5-2/h14H,4-8H2,1-3H3,(H2,13,18)(H,15,19). The van der Waals surface area contributed by atoms with Crippen LogP contribution >= 0.6 is 11.8 Å². The Kier molecular flexibility index (Phi) is 6.28. The highest BCUT2D eigenvalue weighted by molar-refractivity contribution is 7.99. The van der Waals surface area contributed by atoms with Gasteiger partial charge < -0.3 is 11.1 Å². The van der Waals surface area contributed by atoms with Crippen LogP contribution in [0.2, 0.25) is 0 Å². The minimum absolute atomic E-state index is 0.196. The number of hydrogen-bond acceptors (Lipinski definition) is 5. The minimum atomic E-state index is -0.728. The average Bonchev–Trinajstić information content (AvgIpc) is 2.72. The van der Waals surface area contributed by atoms with Gasteiger partial charge in [-0.2, -0.15) is 0 Å². The van der Waals surface area contributed by atoms with Gasteiger partial charge in [0.25, 0.3) is 0 Å². The third-order valence-electron chi connectivity index (χ3n) is 3.11. The lowest BCUT2D eigenvalue weighted by molar-refractivity contribution is -0.123. The van der Waals surface area contributed by atoms with Crippen LogP contribution < -0.4 is 16.7 Å². The van der Waals surface area contributed by atoms with Crippen molar-refractivity contribution >= 4 is 17.7 Å². The molecule has 0 fully saturated rings. The number of carbonyl (C=O) groups is 1. The summed E-state index contributed by atoms with van der Waals surface area (Å²) in [6, 6.07) is 0. The minimum Gasteiger partial charge on any atom is -0.368 e. The first kappa shape index (κ1) is 16.8. The van der Waals surface area contributed by atoms with E-state index in [1.165, 1.54) is 11.8 Å². The molecule has 0 aliphatic heterocycles. The van der Waals surface area contributed by atoms with Crippen LogP contribution in [0.5, 0.6) is 0 Å². The van der Waals surface area contributed by atoms with Crippen LogP contribution in [-0.4, -0.2) is 38.5 Å². The van der Waals surface area contributed by atoms with E-state index >= 15 is 0 Å². The van der Waals surface area contributed by atoms with Crippen LogP contribution in [0.15, 0.2) is 9.95 Å². The van der Waals surface area contributed by atoms with Crippen molar-refractivity contribution in [2.24, 2.45) is 5.73 Å². The van der Waals surface area contributed by atoms with Crippen molar-refractivity contribution in [1.29, 1.82) is 0 Å². The first-order valence-corrected chi connectivity index (χ1v) is 7.76. The number of carbonyl (C=O) groups excluding carboxylic acids is 1. The monoisotopic (exact) mass is 301 g/mol. The predicted octanol–water partition coefficient (Wildman–Crippen LogP) is 0.317. The molecular formula is C12H23N5O2S. The van der Waals surface area contributed by atoms with Crippen molar-refractivity contribution < 1.29 is 4.79 Å². The quantitative estimate of drug-likeness (QED) is 0.569. The van der Waals surface area contributed by atoms with Crippen LogP contribution in [0.4, 0.5) is 0 Å². The molecule has 0 saturated heterocycles. The lowest BCUT2D eigenvalue weighted by atomic mass is 9.98. The number of rotatable bonds is 9. The van der Waals surface area contributed by atoms with Crippen molar-refractivity contribution in [1.82, 2.24) is 20.1 Å². The van der Waals surface area contributed by atoms with Gasteiger partial charge in [0.15, 0.2) is 5.16 Å². The average molecular weight is 301 g/mol. The van der Waals surface area contributed by atoms with E-state index in [-0.39, 0.29) is 11.6 Å². The van der Waals surface area contributed by atoms with Gasteiger partial charge in [-0.05, 0) is 26.3 Å². The Morgan fingerprint density at radius 3 is 2.80 bits per heavy atom. The summed E-state index contributed by atoms with van der Waals surface area (Å²) in [7, 11) is 0. The second-order valence-electron chi connectivity index (χ2n) is 4.79. The molecule has 0 bridgehead atoms. The van der Waals surface area contributed by atoms with E-state index in [9.17, 15) is 9.59 Å². The molecule has 1 unspecified atom stereocenters. The molecule has 0 saturated carbocycles. The topological polar surface area (TPSA) is 106 Å². The highest BCUT2D eigenvalue weighted by Crippen LogP contribution is 2.19. The molecule has 20 heavy (non-hydrogen) atoms. The van der Waals surface area contributed by atoms with E-state index in [0.29, 0.717) is 30.4 Å². The van der Waals surface area contributed by atoms with Crippen molar-refractivity contribution in [2.45, 2.75) is 50.9 Å². The highest BCUT2D eigenvalue weighted by atomic mass is 32.2. The summed E-state index contributed by atoms with van der Waals surface area (Å²) in [6.07, 6.45) is 1.44. The Balaban J connectivity index is 2.63. The number of primary amides is 1. The summed E-state index contributed by atoms with van der Waals surface area (Å²) in [5.41, 5.74) is 4.51. The van der Waals surface area contributed by atoms with Gasteiger partial charge in [-0.15, -0.1) is 5.10 Å². The Bertz CT molecular complexity index is 498. The largest absolute Gasteiger partial charge is 0.368 e. The molecule has 0 aliphatic carbocycles. The molecule has 1 atom stereocenters. The first-order valence-electron chi connectivity index (χ1n) is 6.77. The zero-order valence-electron chi connectivity index (χ0n) is 12.2. The Labute approximate surface area is 122 Å². The number of nitrogens with one attached hydrogen (secondary N) is 2. The molecule has 114 valence electrons. The van der Waals surface area contributed by atoms with Gasteiger partial charge in [0.1, 0.15) is 0 Å². The van der Waals surface area contributed by atoms with Crippen molar-refractivity contribution in [3.05, 3.63) is 10.5 Å². The molecule has 1 aromatic rings. The summed E-state index contributed by atoms with van der Waals surface area (Å²) in [4.78, 5) is 23.0. The summed E-state index contributed by atoms with van der Waals surface area (Å²) in [6.45, 7) is 7.04. The number of hydrogen-bond donors (Lipinski definition) is 3. The number of nitrogens with zero attached hydrogens (tertiary/aromatic N) is 2. The number of aromatic amines is 1. The van der Waals surface area contributed by atoms with Gasteiger partial charge >= 0.3 is 5.69 Å². The van der Waals surface area contributed by atoms with E-state index < -0.39 is 5.54 Å².